The quantitative estimate of drug-likeness (QED) is 0.318. The molecular formula is C27H28F3N5O. The molecule has 4 aromatic rings. The summed E-state index contributed by atoms with van der Waals surface area (Å²) in [5.41, 5.74) is 3.35. The van der Waals surface area contributed by atoms with Gasteiger partial charge in [-0.1, -0.05) is 32.0 Å². The molecule has 1 fully saturated rings. The van der Waals surface area contributed by atoms with Gasteiger partial charge >= 0.3 is 6.61 Å². The zero-order valence-electron chi connectivity index (χ0n) is 20.5. The molecule has 1 aromatic carbocycles. The number of anilines is 1. The molecule has 1 atom stereocenters. The zero-order chi connectivity index (χ0) is 25.4. The summed E-state index contributed by atoms with van der Waals surface area (Å²) >= 11 is 0. The fourth-order valence-electron chi connectivity index (χ4n) is 4.96. The van der Waals surface area contributed by atoms with Crippen LogP contribution in [0.5, 0.6) is 5.75 Å². The van der Waals surface area contributed by atoms with Gasteiger partial charge in [0.15, 0.2) is 0 Å². The van der Waals surface area contributed by atoms with Gasteiger partial charge in [-0.15, -0.1) is 0 Å². The molecule has 0 bridgehead atoms. The Hall–Kier alpha value is -3.62. The first kappa shape index (κ1) is 24.1. The smallest absolute Gasteiger partial charge is 0.387 e. The molecule has 0 radical (unpaired) electrons. The summed E-state index contributed by atoms with van der Waals surface area (Å²) in [4.78, 5) is 15.7. The van der Waals surface area contributed by atoms with Crippen molar-refractivity contribution in [2.24, 2.45) is 5.92 Å². The number of ether oxygens (including phenoxy) is 1. The van der Waals surface area contributed by atoms with E-state index in [1.807, 2.05) is 13.8 Å². The molecule has 5 rings (SSSR count). The third-order valence-electron chi connectivity index (χ3n) is 6.96. The molecule has 0 amide bonds. The molecule has 4 heterocycles. The molecule has 36 heavy (non-hydrogen) atoms. The molecular weight excluding hydrogens is 467 g/mol. The Morgan fingerprint density at radius 1 is 1.08 bits per heavy atom. The van der Waals surface area contributed by atoms with Crippen LogP contribution in [0.25, 0.3) is 16.8 Å². The van der Waals surface area contributed by atoms with Crippen molar-refractivity contribution in [2.45, 2.75) is 46.1 Å². The Kier molecular flexibility index (Phi) is 6.55. The molecule has 0 N–H and O–H groups in total. The monoisotopic (exact) mass is 495 g/mol. The van der Waals surface area contributed by atoms with Crippen LogP contribution >= 0.6 is 0 Å². The Labute approximate surface area is 207 Å². The number of alkyl halides is 2. The lowest BCUT2D eigenvalue weighted by Gasteiger charge is -2.30. The second kappa shape index (κ2) is 9.79. The summed E-state index contributed by atoms with van der Waals surface area (Å²) in [6, 6.07) is 8.07. The van der Waals surface area contributed by atoms with E-state index in [9.17, 15) is 8.78 Å². The van der Waals surface area contributed by atoms with Gasteiger partial charge in [0.25, 0.3) is 0 Å². The molecule has 0 aliphatic carbocycles. The fourth-order valence-corrected chi connectivity index (χ4v) is 4.96. The minimum atomic E-state index is -2.93. The first-order chi connectivity index (χ1) is 17.3. The topological polar surface area (TPSA) is 55.6 Å². The van der Waals surface area contributed by atoms with Crippen LogP contribution < -0.4 is 9.64 Å². The summed E-state index contributed by atoms with van der Waals surface area (Å²) < 4.78 is 47.7. The molecule has 0 saturated carbocycles. The summed E-state index contributed by atoms with van der Waals surface area (Å²) in [5, 5.41) is 0. The number of para-hydroxylation sites is 1. The lowest BCUT2D eigenvalue weighted by atomic mass is 9.95. The van der Waals surface area contributed by atoms with Crippen molar-refractivity contribution in [3.05, 3.63) is 71.7 Å². The first-order valence-corrected chi connectivity index (χ1v) is 12.1. The standard InChI is InChI=1S/C27H28F3N5O/c1-16-8-10-34(11-9-16)27-31-13-19(14-32-27)21-15-35-24(12-22(21)28)33-18(3)25(35)17(2)20-6-4-5-7-23(20)36-26(29)30/h4-7,12-17,26H,8-11H2,1-3H3. The number of rotatable bonds is 6. The van der Waals surface area contributed by atoms with Crippen molar-refractivity contribution in [1.82, 2.24) is 19.4 Å². The minimum Gasteiger partial charge on any atom is -0.435 e. The predicted octanol–water partition coefficient (Wildman–Crippen LogP) is 6.23. The Morgan fingerprint density at radius 3 is 2.47 bits per heavy atom. The first-order valence-electron chi connectivity index (χ1n) is 12.1. The number of fused-ring (bicyclic) bond motifs is 1. The minimum absolute atomic E-state index is 0.104. The Bertz CT molecular complexity index is 1360. The summed E-state index contributed by atoms with van der Waals surface area (Å²) in [5.74, 6) is 0.679. The van der Waals surface area contributed by atoms with Gasteiger partial charge in [-0.25, -0.2) is 19.3 Å². The lowest BCUT2D eigenvalue weighted by Crippen LogP contribution is -2.33. The second-order valence-corrected chi connectivity index (χ2v) is 9.43. The van der Waals surface area contributed by atoms with E-state index in [4.69, 9.17) is 4.74 Å². The van der Waals surface area contributed by atoms with Crippen molar-refractivity contribution >= 4 is 11.6 Å². The summed E-state index contributed by atoms with van der Waals surface area (Å²) in [6.45, 7) is 4.85. The highest BCUT2D eigenvalue weighted by Crippen LogP contribution is 2.35. The molecule has 3 aromatic heterocycles. The fraction of sp³-hybridized carbons (Fsp3) is 0.370. The second-order valence-electron chi connectivity index (χ2n) is 9.43. The third kappa shape index (κ3) is 4.62. The number of piperidine rings is 1. The number of hydrogen-bond donors (Lipinski definition) is 0. The molecule has 0 spiro atoms. The van der Waals surface area contributed by atoms with Gasteiger partial charge in [-0.2, -0.15) is 8.78 Å². The number of imidazole rings is 1. The van der Waals surface area contributed by atoms with Gasteiger partial charge in [0.05, 0.1) is 11.4 Å². The maximum Gasteiger partial charge on any atom is 0.387 e. The molecule has 1 aliphatic heterocycles. The Morgan fingerprint density at radius 2 is 1.78 bits per heavy atom. The van der Waals surface area contributed by atoms with Crippen molar-refractivity contribution in [3.8, 4) is 16.9 Å². The van der Waals surface area contributed by atoms with Crippen LogP contribution in [0.2, 0.25) is 0 Å². The normalized spacial score (nSPS) is 15.6. The predicted molar refractivity (Wildman–Crippen MR) is 132 cm³/mol. The lowest BCUT2D eigenvalue weighted by molar-refractivity contribution is -0.0505. The highest BCUT2D eigenvalue weighted by Gasteiger charge is 2.23. The third-order valence-corrected chi connectivity index (χ3v) is 6.96. The number of benzene rings is 1. The molecule has 1 saturated heterocycles. The van der Waals surface area contributed by atoms with Gasteiger partial charge in [0.2, 0.25) is 5.95 Å². The van der Waals surface area contributed by atoms with Gasteiger partial charge < -0.3 is 14.0 Å². The molecule has 1 unspecified atom stereocenters. The molecule has 9 heteroatoms. The number of aromatic nitrogens is 4. The van der Waals surface area contributed by atoms with E-state index in [-0.39, 0.29) is 11.7 Å². The molecule has 188 valence electrons. The van der Waals surface area contributed by atoms with Crippen molar-refractivity contribution in [3.63, 3.8) is 0 Å². The number of hydrogen-bond acceptors (Lipinski definition) is 5. The van der Waals surface area contributed by atoms with Crippen LogP contribution in [0.3, 0.4) is 0 Å². The Balaban J connectivity index is 1.51. The zero-order valence-corrected chi connectivity index (χ0v) is 20.5. The van der Waals surface area contributed by atoms with Gasteiger partial charge in [-0.05, 0) is 31.7 Å². The van der Waals surface area contributed by atoms with Crippen LogP contribution in [0.1, 0.15) is 49.6 Å². The summed E-state index contributed by atoms with van der Waals surface area (Å²) in [7, 11) is 0. The van der Waals surface area contributed by atoms with E-state index < -0.39 is 12.4 Å². The van der Waals surface area contributed by atoms with Crippen molar-refractivity contribution < 1.29 is 17.9 Å². The number of halogens is 3. The van der Waals surface area contributed by atoms with Crippen molar-refractivity contribution in [2.75, 3.05) is 18.0 Å². The van der Waals surface area contributed by atoms with E-state index in [0.29, 0.717) is 39.9 Å². The van der Waals surface area contributed by atoms with Crippen LogP contribution in [-0.4, -0.2) is 39.1 Å². The van der Waals surface area contributed by atoms with Crippen LogP contribution in [-0.2, 0) is 0 Å². The van der Waals surface area contributed by atoms with Gasteiger partial charge in [0.1, 0.15) is 17.2 Å². The SMILES string of the molecule is Cc1nc2cc(F)c(-c3cnc(N4CCC(C)CC4)nc3)cn2c1C(C)c1ccccc1OC(F)F. The van der Waals surface area contributed by atoms with E-state index in [1.54, 1.807) is 41.2 Å². The molecule has 1 aliphatic rings. The maximum absolute atomic E-state index is 15.2. The highest BCUT2D eigenvalue weighted by molar-refractivity contribution is 5.65. The summed E-state index contributed by atoms with van der Waals surface area (Å²) in [6.07, 6.45) is 7.16. The van der Waals surface area contributed by atoms with E-state index >= 15 is 4.39 Å². The van der Waals surface area contributed by atoms with Crippen LogP contribution in [0.4, 0.5) is 19.1 Å². The number of nitrogens with zero attached hydrogens (tertiary/aromatic N) is 5. The average Bonchev–Trinajstić information content (AvgIpc) is 3.18. The number of aryl methyl sites for hydroxylation is 1. The average molecular weight is 496 g/mol. The highest BCUT2D eigenvalue weighted by atomic mass is 19.3. The van der Waals surface area contributed by atoms with Gasteiger partial charge in [-0.3, -0.25) is 0 Å². The van der Waals surface area contributed by atoms with E-state index in [2.05, 4.69) is 26.8 Å². The van der Waals surface area contributed by atoms with E-state index in [1.165, 1.54) is 12.1 Å². The van der Waals surface area contributed by atoms with Crippen LogP contribution in [0.15, 0.2) is 48.9 Å². The van der Waals surface area contributed by atoms with Gasteiger partial charge in [0, 0.05) is 60.4 Å². The van der Waals surface area contributed by atoms with Crippen LogP contribution in [0, 0.1) is 18.7 Å². The molecule has 6 nitrogen and oxygen atoms in total. The number of pyridine rings is 1. The maximum atomic E-state index is 15.2. The van der Waals surface area contributed by atoms with Crippen molar-refractivity contribution in [1.29, 1.82) is 0 Å². The largest absolute Gasteiger partial charge is 0.435 e. The van der Waals surface area contributed by atoms with E-state index in [0.717, 1.165) is 31.6 Å².